The average molecular weight is 384 g/mol. The summed E-state index contributed by atoms with van der Waals surface area (Å²) in [7, 11) is 4.39. The molecule has 0 fully saturated rings. The third kappa shape index (κ3) is 3.90. The number of benzene rings is 2. The van der Waals surface area contributed by atoms with Crippen LogP contribution in [-0.2, 0) is 11.3 Å². The predicted octanol–water partition coefficient (Wildman–Crippen LogP) is 3.43. The molecule has 8 nitrogen and oxygen atoms in total. The van der Waals surface area contributed by atoms with E-state index in [-0.39, 0.29) is 23.8 Å². The number of carbonyl (C=O) groups excluding carboxylic acids is 1. The van der Waals surface area contributed by atoms with Crippen molar-refractivity contribution < 1.29 is 28.2 Å². The lowest BCUT2D eigenvalue weighted by atomic mass is 10.1. The quantitative estimate of drug-likeness (QED) is 0.572. The zero-order valence-electron chi connectivity index (χ0n) is 16.0. The smallest absolute Gasteiger partial charge is 0.342 e. The van der Waals surface area contributed by atoms with Crippen LogP contribution in [0.15, 0.2) is 40.8 Å². The Hall–Kier alpha value is -3.55. The Morgan fingerprint density at radius 3 is 2.46 bits per heavy atom. The van der Waals surface area contributed by atoms with E-state index in [1.807, 2.05) is 31.2 Å². The normalized spacial score (nSPS) is 10.4. The van der Waals surface area contributed by atoms with E-state index < -0.39 is 5.97 Å². The number of nitrogens with zero attached hydrogens (tertiary/aromatic N) is 2. The van der Waals surface area contributed by atoms with Gasteiger partial charge in [0.25, 0.3) is 5.89 Å². The van der Waals surface area contributed by atoms with E-state index in [0.717, 1.165) is 11.1 Å². The summed E-state index contributed by atoms with van der Waals surface area (Å²) in [5, 5.41) is 7.91. The number of hydrogen-bond donors (Lipinski definition) is 0. The molecule has 1 aromatic heterocycles. The van der Waals surface area contributed by atoms with Crippen molar-refractivity contribution in [3.05, 3.63) is 53.4 Å². The molecule has 0 aliphatic carbocycles. The molecule has 146 valence electrons. The maximum absolute atomic E-state index is 12.5. The molecule has 0 radical (unpaired) electrons. The van der Waals surface area contributed by atoms with E-state index in [0.29, 0.717) is 17.4 Å². The fraction of sp³-hybridized carbons (Fsp3) is 0.250. The van der Waals surface area contributed by atoms with Gasteiger partial charge in [0, 0.05) is 5.56 Å². The number of rotatable bonds is 7. The summed E-state index contributed by atoms with van der Waals surface area (Å²) in [6.07, 6.45) is 0. The fourth-order valence-corrected chi connectivity index (χ4v) is 2.67. The Bertz CT molecular complexity index is 983. The predicted molar refractivity (Wildman–Crippen MR) is 99.7 cm³/mol. The van der Waals surface area contributed by atoms with Crippen LogP contribution in [0.4, 0.5) is 0 Å². The molecular formula is C20H20N2O6. The zero-order chi connectivity index (χ0) is 20.1. The van der Waals surface area contributed by atoms with Crippen molar-refractivity contribution in [1.82, 2.24) is 10.2 Å². The monoisotopic (exact) mass is 384 g/mol. The van der Waals surface area contributed by atoms with E-state index in [1.165, 1.54) is 27.4 Å². The minimum absolute atomic E-state index is 0.171. The first-order valence-corrected chi connectivity index (χ1v) is 8.43. The average Bonchev–Trinajstić information content (AvgIpc) is 3.19. The van der Waals surface area contributed by atoms with Gasteiger partial charge in [0.15, 0.2) is 18.1 Å². The van der Waals surface area contributed by atoms with Crippen molar-refractivity contribution in [3.63, 3.8) is 0 Å². The number of aromatic nitrogens is 2. The second-order valence-corrected chi connectivity index (χ2v) is 5.83. The van der Waals surface area contributed by atoms with Crippen LogP contribution in [0.25, 0.3) is 11.5 Å². The lowest BCUT2D eigenvalue weighted by molar-refractivity contribution is 0.0434. The highest BCUT2D eigenvalue weighted by Gasteiger charge is 2.22. The van der Waals surface area contributed by atoms with E-state index in [1.54, 1.807) is 6.07 Å². The molecule has 0 amide bonds. The molecule has 0 unspecified atom stereocenters. The summed E-state index contributed by atoms with van der Waals surface area (Å²) < 4.78 is 26.6. The molecule has 28 heavy (non-hydrogen) atoms. The van der Waals surface area contributed by atoms with Gasteiger partial charge < -0.3 is 23.4 Å². The highest BCUT2D eigenvalue weighted by molar-refractivity contribution is 5.94. The molecule has 0 aliphatic rings. The van der Waals surface area contributed by atoms with Gasteiger partial charge in [-0.15, -0.1) is 10.2 Å². The van der Waals surface area contributed by atoms with Crippen LogP contribution in [0.5, 0.6) is 17.2 Å². The van der Waals surface area contributed by atoms with Gasteiger partial charge in [-0.1, -0.05) is 17.7 Å². The molecule has 3 aromatic rings. The largest absolute Gasteiger partial charge is 0.493 e. The third-order valence-electron chi connectivity index (χ3n) is 3.98. The van der Waals surface area contributed by atoms with Crippen LogP contribution >= 0.6 is 0 Å². The molecule has 0 atom stereocenters. The second-order valence-electron chi connectivity index (χ2n) is 5.83. The van der Waals surface area contributed by atoms with Gasteiger partial charge in [-0.05, 0) is 31.2 Å². The third-order valence-corrected chi connectivity index (χ3v) is 3.98. The Kier molecular flexibility index (Phi) is 5.78. The van der Waals surface area contributed by atoms with Crippen molar-refractivity contribution in [2.75, 3.05) is 21.3 Å². The summed E-state index contributed by atoms with van der Waals surface area (Å²) in [4.78, 5) is 12.5. The molecule has 2 aromatic carbocycles. The Balaban J connectivity index is 1.75. The molecule has 0 bridgehead atoms. The number of esters is 1. The molecule has 0 spiro atoms. The fourth-order valence-electron chi connectivity index (χ4n) is 2.67. The van der Waals surface area contributed by atoms with Gasteiger partial charge in [-0.2, -0.15) is 0 Å². The number of aryl methyl sites for hydroxylation is 1. The Morgan fingerprint density at radius 1 is 1.00 bits per heavy atom. The highest BCUT2D eigenvalue weighted by atomic mass is 16.6. The van der Waals surface area contributed by atoms with Crippen molar-refractivity contribution in [3.8, 4) is 28.7 Å². The van der Waals surface area contributed by atoms with Gasteiger partial charge in [0.2, 0.25) is 11.6 Å². The number of carbonyl (C=O) groups is 1. The lowest BCUT2D eigenvalue weighted by Gasteiger charge is -2.14. The van der Waals surface area contributed by atoms with E-state index in [2.05, 4.69) is 10.2 Å². The van der Waals surface area contributed by atoms with Crippen molar-refractivity contribution >= 4 is 5.97 Å². The summed E-state index contributed by atoms with van der Waals surface area (Å²) >= 11 is 0. The van der Waals surface area contributed by atoms with E-state index in [9.17, 15) is 4.79 Å². The first-order valence-electron chi connectivity index (χ1n) is 8.43. The topological polar surface area (TPSA) is 92.9 Å². The first-order chi connectivity index (χ1) is 13.6. The Labute approximate surface area is 162 Å². The second kappa shape index (κ2) is 8.43. The summed E-state index contributed by atoms with van der Waals surface area (Å²) in [6.45, 7) is 1.80. The lowest BCUT2D eigenvalue weighted by Crippen LogP contribution is -2.09. The Morgan fingerprint density at radius 2 is 1.79 bits per heavy atom. The molecule has 0 N–H and O–H groups in total. The van der Waals surface area contributed by atoms with E-state index in [4.69, 9.17) is 23.4 Å². The van der Waals surface area contributed by atoms with Crippen LogP contribution < -0.4 is 14.2 Å². The summed E-state index contributed by atoms with van der Waals surface area (Å²) in [5.74, 6) is 0.892. The van der Waals surface area contributed by atoms with Gasteiger partial charge in [-0.3, -0.25) is 0 Å². The van der Waals surface area contributed by atoms with Gasteiger partial charge in [0.05, 0.1) is 21.3 Å². The molecule has 0 saturated carbocycles. The van der Waals surface area contributed by atoms with E-state index >= 15 is 0 Å². The summed E-state index contributed by atoms with van der Waals surface area (Å²) in [6, 6.07) is 10.8. The number of methoxy groups -OCH3 is 3. The van der Waals surface area contributed by atoms with Gasteiger partial charge in [0.1, 0.15) is 5.56 Å². The first kappa shape index (κ1) is 19.2. The van der Waals surface area contributed by atoms with Crippen molar-refractivity contribution in [2.24, 2.45) is 0 Å². The molecule has 8 heteroatoms. The highest BCUT2D eigenvalue weighted by Crippen LogP contribution is 2.40. The zero-order valence-corrected chi connectivity index (χ0v) is 16.0. The van der Waals surface area contributed by atoms with Crippen LogP contribution in [0.3, 0.4) is 0 Å². The van der Waals surface area contributed by atoms with Gasteiger partial charge >= 0.3 is 5.97 Å². The van der Waals surface area contributed by atoms with Crippen LogP contribution in [0, 0.1) is 6.92 Å². The van der Waals surface area contributed by atoms with Crippen molar-refractivity contribution in [2.45, 2.75) is 13.5 Å². The minimum atomic E-state index is -0.617. The maximum Gasteiger partial charge on any atom is 0.342 e. The van der Waals surface area contributed by atoms with Crippen molar-refractivity contribution in [1.29, 1.82) is 0 Å². The molecule has 0 aliphatic heterocycles. The SMILES string of the molecule is COc1ccc(C(=O)OCc2nnc(-c3cccc(C)c3)o2)c(OC)c1OC. The van der Waals surface area contributed by atoms with Gasteiger partial charge in [-0.25, -0.2) is 4.79 Å². The van der Waals surface area contributed by atoms with Crippen LogP contribution in [0.1, 0.15) is 21.8 Å². The van der Waals surface area contributed by atoms with Crippen LogP contribution in [-0.4, -0.2) is 37.5 Å². The molecule has 1 heterocycles. The molecule has 0 saturated heterocycles. The number of hydrogen-bond acceptors (Lipinski definition) is 8. The molecule has 3 rings (SSSR count). The summed E-state index contributed by atoms with van der Waals surface area (Å²) in [5.41, 5.74) is 2.06. The molecular weight excluding hydrogens is 364 g/mol. The van der Waals surface area contributed by atoms with Crippen LogP contribution in [0.2, 0.25) is 0 Å². The standard InChI is InChI=1S/C20H20N2O6/c1-12-6-5-7-13(10-12)19-22-21-16(28-19)11-27-20(23)14-8-9-15(24-2)18(26-4)17(14)25-3/h5-10H,11H2,1-4H3. The minimum Gasteiger partial charge on any atom is -0.493 e. The number of ether oxygens (including phenoxy) is 4. The maximum atomic E-state index is 12.5.